The number of benzene rings is 1. The summed E-state index contributed by atoms with van der Waals surface area (Å²) in [6.07, 6.45) is 0. The molecule has 1 atom stereocenters. The number of aliphatic carboxylic acids is 1. The predicted molar refractivity (Wildman–Crippen MR) is 80.0 cm³/mol. The molecule has 114 valence electrons. The number of carboxylic acid groups (broad SMARTS) is 1. The quantitative estimate of drug-likeness (QED) is 0.742. The van der Waals surface area contributed by atoms with E-state index in [4.69, 9.17) is 5.11 Å². The fourth-order valence-electron chi connectivity index (χ4n) is 1.32. The van der Waals surface area contributed by atoms with Crippen molar-refractivity contribution in [2.45, 2.75) is 27.7 Å². The van der Waals surface area contributed by atoms with Crippen molar-refractivity contribution < 1.29 is 19.5 Å². The van der Waals surface area contributed by atoms with Gasteiger partial charge in [-0.1, -0.05) is 20.8 Å². The van der Waals surface area contributed by atoms with E-state index < -0.39 is 23.2 Å². The van der Waals surface area contributed by atoms with Crippen LogP contribution in [0.15, 0.2) is 24.3 Å². The Labute approximate surface area is 123 Å². The van der Waals surface area contributed by atoms with Gasteiger partial charge in [0.2, 0.25) is 11.8 Å². The van der Waals surface area contributed by atoms with Gasteiger partial charge in [-0.25, -0.2) is 0 Å². The molecule has 0 aromatic heterocycles. The van der Waals surface area contributed by atoms with Gasteiger partial charge in [0.25, 0.3) is 0 Å². The van der Waals surface area contributed by atoms with Crippen LogP contribution >= 0.6 is 0 Å². The van der Waals surface area contributed by atoms with Crippen molar-refractivity contribution in [3.8, 4) is 0 Å². The number of anilines is 2. The smallest absolute Gasteiger partial charge is 0.315 e. The van der Waals surface area contributed by atoms with Gasteiger partial charge in [0.15, 0.2) is 0 Å². The minimum atomic E-state index is -1.18. The van der Waals surface area contributed by atoms with Crippen LogP contribution in [0.4, 0.5) is 11.4 Å². The average molecular weight is 292 g/mol. The van der Waals surface area contributed by atoms with Gasteiger partial charge < -0.3 is 15.7 Å². The zero-order valence-corrected chi connectivity index (χ0v) is 12.6. The second-order valence-electron chi connectivity index (χ2n) is 5.83. The first-order valence-electron chi connectivity index (χ1n) is 6.56. The maximum atomic E-state index is 11.8. The number of hydrogen-bond acceptors (Lipinski definition) is 3. The first kappa shape index (κ1) is 16.7. The zero-order chi connectivity index (χ0) is 16.2. The topological polar surface area (TPSA) is 95.5 Å². The minimum absolute atomic E-state index is 0.112. The highest BCUT2D eigenvalue weighted by molar-refractivity contribution is 6.04. The van der Waals surface area contributed by atoms with Crippen LogP contribution < -0.4 is 10.6 Å². The van der Waals surface area contributed by atoms with E-state index in [1.54, 1.807) is 24.3 Å². The molecule has 21 heavy (non-hydrogen) atoms. The summed E-state index contributed by atoms with van der Waals surface area (Å²) in [6, 6.07) is 6.49. The van der Waals surface area contributed by atoms with Crippen LogP contribution in [-0.4, -0.2) is 22.9 Å². The van der Waals surface area contributed by atoms with Crippen LogP contribution in [0.3, 0.4) is 0 Å². The molecule has 1 unspecified atom stereocenters. The predicted octanol–water partition coefficient (Wildman–Crippen LogP) is 2.33. The molecule has 1 rings (SSSR count). The van der Waals surface area contributed by atoms with Gasteiger partial charge in [0.05, 0.1) is 0 Å². The standard InChI is InChI=1S/C15H20N2O4/c1-9(13(19)20)12(18)16-10-5-7-11(8-6-10)17-14(21)15(2,3)4/h5-9H,1-4H3,(H,16,18)(H,17,21)(H,19,20). The second kappa shape index (κ2) is 6.39. The van der Waals surface area contributed by atoms with E-state index in [2.05, 4.69) is 10.6 Å². The lowest BCUT2D eigenvalue weighted by molar-refractivity contribution is -0.144. The molecule has 6 nitrogen and oxygen atoms in total. The summed E-state index contributed by atoms with van der Waals surface area (Å²) in [7, 11) is 0. The number of carboxylic acids is 1. The second-order valence-corrected chi connectivity index (χ2v) is 5.83. The Morgan fingerprint density at radius 2 is 1.43 bits per heavy atom. The van der Waals surface area contributed by atoms with E-state index in [-0.39, 0.29) is 5.91 Å². The summed E-state index contributed by atoms with van der Waals surface area (Å²) in [6.45, 7) is 6.74. The van der Waals surface area contributed by atoms with Crippen LogP contribution in [0.1, 0.15) is 27.7 Å². The van der Waals surface area contributed by atoms with Crippen molar-refractivity contribution in [2.24, 2.45) is 11.3 Å². The Morgan fingerprint density at radius 3 is 1.81 bits per heavy atom. The Morgan fingerprint density at radius 1 is 1.00 bits per heavy atom. The first-order chi connectivity index (χ1) is 9.61. The molecule has 0 aliphatic carbocycles. The Bertz CT molecular complexity index is 544. The summed E-state index contributed by atoms with van der Waals surface area (Å²) in [5.41, 5.74) is 0.588. The molecule has 3 N–H and O–H groups in total. The van der Waals surface area contributed by atoms with Crippen LogP contribution in [0.25, 0.3) is 0 Å². The van der Waals surface area contributed by atoms with Crippen molar-refractivity contribution in [1.82, 2.24) is 0 Å². The number of carbonyl (C=O) groups is 3. The molecule has 0 aliphatic rings. The summed E-state index contributed by atoms with van der Waals surface area (Å²) in [5, 5.41) is 14.0. The molecular formula is C15H20N2O4. The molecule has 0 spiro atoms. The summed E-state index contributed by atoms with van der Waals surface area (Å²) < 4.78 is 0. The minimum Gasteiger partial charge on any atom is -0.481 e. The molecule has 6 heteroatoms. The molecule has 0 aliphatic heterocycles. The van der Waals surface area contributed by atoms with Crippen LogP contribution in [0, 0.1) is 11.3 Å². The maximum absolute atomic E-state index is 11.8. The molecular weight excluding hydrogens is 272 g/mol. The lowest BCUT2D eigenvalue weighted by Crippen LogP contribution is -2.28. The largest absolute Gasteiger partial charge is 0.481 e. The number of amides is 2. The van der Waals surface area contributed by atoms with Crippen molar-refractivity contribution in [2.75, 3.05) is 10.6 Å². The highest BCUT2D eigenvalue weighted by atomic mass is 16.4. The van der Waals surface area contributed by atoms with Gasteiger partial charge >= 0.3 is 5.97 Å². The number of carbonyl (C=O) groups excluding carboxylic acids is 2. The molecule has 0 saturated heterocycles. The Kier molecular flexibility index (Phi) is 5.07. The normalized spacial score (nSPS) is 12.4. The molecule has 0 saturated carbocycles. The number of hydrogen-bond donors (Lipinski definition) is 3. The van der Waals surface area contributed by atoms with E-state index >= 15 is 0 Å². The zero-order valence-electron chi connectivity index (χ0n) is 12.6. The fraction of sp³-hybridized carbons (Fsp3) is 0.400. The van der Waals surface area contributed by atoms with Crippen molar-refractivity contribution in [3.63, 3.8) is 0 Å². The lowest BCUT2D eigenvalue weighted by atomic mass is 9.95. The Balaban J connectivity index is 2.69. The molecule has 1 aromatic carbocycles. The summed E-state index contributed by atoms with van der Waals surface area (Å²) in [5.74, 6) is -3.00. The molecule has 0 fully saturated rings. The van der Waals surface area contributed by atoms with E-state index in [1.807, 2.05) is 20.8 Å². The SMILES string of the molecule is CC(C(=O)O)C(=O)Nc1ccc(NC(=O)C(C)(C)C)cc1. The highest BCUT2D eigenvalue weighted by Gasteiger charge is 2.22. The molecule has 0 radical (unpaired) electrons. The van der Waals surface area contributed by atoms with Crippen LogP contribution in [-0.2, 0) is 14.4 Å². The van der Waals surface area contributed by atoms with Gasteiger partial charge in [0.1, 0.15) is 5.92 Å². The first-order valence-corrected chi connectivity index (χ1v) is 6.56. The van der Waals surface area contributed by atoms with Gasteiger partial charge in [-0.3, -0.25) is 14.4 Å². The maximum Gasteiger partial charge on any atom is 0.315 e. The van der Waals surface area contributed by atoms with Gasteiger partial charge in [0, 0.05) is 16.8 Å². The number of rotatable bonds is 4. The third-order valence-corrected chi connectivity index (χ3v) is 2.86. The van der Waals surface area contributed by atoms with E-state index in [1.165, 1.54) is 6.92 Å². The monoisotopic (exact) mass is 292 g/mol. The van der Waals surface area contributed by atoms with Crippen molar-refractivity contribution in [1.29, 1.82) is 0 Å². The van der Waals surface area contributed by atoms with Crippen LogP contribution in [0.2, 0.25) is 0 Å². The van der Waals surface area contributed by atoms with Gasteiger partial charge in [-0.15, -0.1) is 0 Å². The van der Waals surface area contributed by atoms with Crippen molar-refractivity contribution >= 4 is 29.2 Å². The molecule has 0 heterocycles. The van der Waals surface area contributed by atoms with E-state index in [9.17, 15) is 14.4 Å². The van der Waals surface area contributed by atoms with E-state index in [0.29, 0.717) is 11.4 Å². The van der Waals surface area contributed by atoms with Gasteiger partial charge in [-0.2, -0.15) is 0 Å². The number of nitrogens with one attached hydrogen (secondary N) is 2. The molecule has 0 bridgehead atoms. The van der Waals surface area contributed by atoms with Gasteiger partial charge in [-0.05, 0) is 31.2 Å². The van der Waals surface area contributed by atoms with Crippen molar-refractivity contribution in [3.05, 3.63) is 24.3 Å². The lowest BCUT2D eigenvalue weighted by Gasteiger charge is -2.17. The van der Waals surface area contributed by atoms with Crippen LogP contribution in [0.5, 0.6) is 0 Å². The Hall–Kier alpha value is -2.37. The highest BCUT2D eigenvalue weighted by Crippen LogP contribution is 2.19. The molecule has 2 amide bonds. The van der Waals surface area contributed by atoms with E-state index in [0.717, 1.165) is 0 Å². The fourth-order valence-corrected chi connectivity index (χ4v) is 1.32. The third kappa shape index (κ3) is 4.91. The third-order valence-electron chi connectivity index (χ3n) is 2.86. The average Bonchev–Trinajstić information content (AvgIpc) is 2.38. The summed E-state index contributed by atoms with van der Waals surface area (Å²) >= 11 is 0. The summed E-state index contributed by atoms with van der Waals surface area (Å²) in [4.78, 5) is 34.1. The molecule has 1 aromatic rings.